The number of hydrogen-bond donors (Lipinski definition) is 3. The van der Waals surface area contributed by atoms with Gasteiger partial charge in [-0.3, -0.25) is 9.79 Å². The highest BCUT2D eigenvalue weighted by Gasteiger charge is 2.23. The minimum atomic E-state index is -0.155. The van der Waals surface area contributed by atoms with Gasteiger partial charge in [0, 0.05) is 26.2 Å². The molecule has 1 heterocycles. The SMILES string of the molecule is CCNC(=NCC(C)C)NCCCN1CCCC(C(N)=O)C1. The number of piperidine rings is 1. The Bertz CT molecular complexity index is 356. The molecule has 0 aromatic rings. The van der Waals surface area contributed by atoms with E-state index in [2.05, 4.69) is 41.3 Å². The van der Waals surface area contributed by atoms with E-state index in [0.29, 0.717) is 5.92 Å². The second-order valence-corrected chi connectivity index (χ2v) is 6.44. The molecule has 1 amide bonds. The molecular formula is C16H33N5O. The molecule has 0 aliphatic carbocycles. The molecule has 0 aromatic carbocycles. The van der Waals surface area contributed by atoms with E-state index in [0.717, 1.165) is 64.5 Å². The van der Waals surface area contributed by atoms with Crippen molar-refractivity contribution in [3.8, 4) is 0 Å². The lowest BCUT2D eigenvalue weighted by Crippen LogP contribution is -2.43. The smallest absolute Gasteiger partial charge is 0.221 e. The van der Waals surface area contributed by atoms with E-state index in [-0.39, 0.29) is 11.8 Å². The van der Waals surface area contributed by atoms with Crippen LogP contribution in [0, 0.1) is 11.8 Å². The van der Waals surface area contributed by atoms with Crippen molar-refractivity contribution < 1.29 is 4.79 Å². The summed E-state index contributed by atoms with van der Waals surface area (Å²) in [4.78, 5) is 18.2. The van der Waals surface area contributed by atoms with Crippen LogP contribution in [0.4, 0.5) is 0 Å². The molecule has 4 N–H and O–H groups in total. The topological polar surface area (TPSA) is 82.8 Å². The van der Waals surface area contributed by atoms with Crippen LogP contribution >= 0.6 is 0 Å². The van der Waals surface area contributed by atoms with E-state index in [4.69, 9.17) is 5.73 Å². The maximum atomic E-state index is 11.3. The summed E-state index contributed by atoms with van der Waals surface area (Å²) in [7, 11) is 0. The number of rotatable bonds is 8. The van der Waals surface area contributed by atoms with E-state index < -0.39 is 0 Å². The van der Waals surface area contributed by atoms with Crippen LogP contribution in [0.5, 0.6) is 0 Å². The van der Waals surface area contributed by atoms with Crippen LogP contribution in [0.1, 0.15) is 40.0 Å². The molecule has 0 radical (unpaired) electrons. The number of aliphatic imine (C=N–C) groups is 1. The molecule has 6 nitrogen and oxygen atoms in total. The number of guanidine groups is 1. The Hall–Kier alpha value is -1.30. The molecule has 1 atom stereocenters. The summed E-state index contributed by atoms with van der Waals surface area (Å²) in [5, 5.41) is 6.63. The first-order chi connectivity index (χ1) is 10.5. The lowest BCUT2D eigenvalue weighted by Gasteiger charge is -2.31. The first-order valence-electron chi connectivity index (χ1n) is 8.56. The number of carbonyl (C=O) groups is 1. The Morgan fingerprint density at radius 2 is 2.18 bits per heavy atom. The average Bonchev–Trinajstić information content (AvgIpc) is 2.49. The first-order valence-corrected chi connectivity index (χ1v) is 8.56. The van der Waals surface area contributed by atoms with E-state index in [1.165, 1.54) is 0 Å². The van der Waals surface area contributed by atoms with Crippen molar-refractivity contribution in [1.29, 1.82) is 0 Å². The van der Waals surface area contributed by atoms with Crippen LogP contribution in [0.3, 0.4) is 0 Å². The summed E-state index contributed by atoms with van der Waals surface area (Å²) >= 11 is 0. The van der Waals surface area contributed by atoms with Crippen molar-refractivity contribution in [3.63, 3.8) is 0 Å². The molecule has 1 rings (SSSR count). The van der Waals surface area contributed by atoms with Crippen molar-refractivity contribution in [3.05, 3.63) is 0 Å². The summed E-state index contributed by atoms with van der Waals surface area (Å²) in [6.07, 6.45) is 3.05. The third kappa shape index (κ3) is 7.64. The summed E-state index contributed by atoms with van der Waals surface area (Å²) in [5.41, 5.74) is 5.41. The van der Waals surface area contributed by atoms with Gasteiger partial charge in [-0.05, 0) is 45.2 Å². The van der Waals surface area contributed by atoms with Gasteiger partial charge < -0.3 is 21.3 Å². The number of primary amides is 1. The fourth-order valence-electron chi connectivity index (χ4n) is 2.62. The Balaban J connectivity index is 2.24. The molecule has 1 fully saturated rings. The maximum Gasteiger partial charge on any atom is 0.221 e. The number of nitrogens with one attached hydrogen (secondary N) is 2. The van der Waals surface area contributed by atoms with Gasteiger partial charge in [-0.25, -0.2) is 0 Å². The fourth-order valence-corrected chi connectivity index (χ4v) is 2.62. The molecule has 1 unspecified atom stereocenters. The van der Waals surface area contributed by atoms with Crippen LogP contribution in [0.25, 0.3) is 0 Å². The van der Waals surface area contributed by atoms with E-state index in [1.54, 1.807) is 0 Å². The fraction of sp³-hybridized carbons (Fsp3) is 0.875. The zero-order valence-corrected chi connectivity index (χ0v) is 14.4. The monoisotopic (exact) mass is 311 g/mol. The van der Waals surface area contributed by atoms with Gasteiger partial charge in [0.1, 0.15) is 0 Å². The predicted molar refractivity (Wildman–Crippen MR) is 91.8 cm³/mol. The van der Waals surface area contributed by atoms with Gasteiger partial charge in [0.25, 0.3) is 0 Å². The molecule has 0 bridgehead atoms. The third-order valence-corrected chi connectivity index (χ3v) is 3.81. The van der Waals surface area contributed by atoms with Gasteiger partial charge in [-0.15, -0.1) is 0 Å². The molecular weight excluding hydrogens is 278 g/mol. The van der Waals surface area contributed by atoms with Crippen molar-refractivity contribution in [2.75, 3.05) is 39.3 Å². The van der Waals surface area contributed by atoms with Crippen molar-refractivity contribution in [2.45, 2.75) is 40.0 Å². The average molecular weight is 311 g/mol. The van der Waals surface area contributed by atoms with Gasteiger partial charge in [-0.2, -0.15) is 0 Å². The summed E-state index contributed by atoms with van der Waals surface area (Å²) in [6.45, 7) is 11.9. The standard InChI is InChI=1S/C16H33N5O/c1-4-18-16(20-11-13(2)3)19-8-6-10-21-9-5-7-14(12-21)15(17)22/h13-14H,4-12H2,1-3H3,(H2,17,22)(H2,18,19,20). The number of likely N-dealkylation sites (tertiary alicyclic amines) is 1. The Morgan fingerprint density at radius 1 is 1.41 bits per heavy atom. The summed E-state index contributed by atoms with van der Waals surface area (Å²) in [6, 6.07) is 0. The van der Waals surface area contributed by atoms with Crippen molar-refractivity contribution in [1.82, 2.24) is 15.5 Å². The second-order valence-electron chi connectivity index (χ2n) is 6.44. The zero-order chi connectivity index (χ0) is 16.4. The second kappa shape index (κ2) is 10.4. The molecule has 6 heteroatoms. The van der Waals surface area contributed by atoms with Crippen molar-refractivity contribution >= 4 is 11.9 Å². The number of nitrogens with zero attached hydrogens (tertiary/aromatic N) is 2. The Labute approximate surface area is 134 Å². The van der Waals surface area contributed by atoms with Crippen LogP contribution in [0.15, 0.2) is 4.99 Å². The predicted octanol–water partition coefficient (Wildman–Crippen LogP) is 0.785. The summed E-state index contributed by atoms with van der Waals surface area (Å²) < 4.78 is 0. The molecule has 0 saturated carbocycles. The molecule has 0 spiro atoms. The van der Waals surface area contributed by atoms with Crippen LogP contribution in [-0.4, -0.2) is 56.0 Å². The largest absolute Gasteiger partial charge is 0.369 e. The molecule has 22 heavy (non-hydrogen) atoms. The maximum absolute atomic E-state index is 11.3. The molecule has 1 saturated heterocycles. The highest BCUT2D eigenvalue weighted by atomic mass is 16.1. The first kappa shape index (κ1) is 18.7. The summed E-state index contributed by atoms with van der Waals surface area (Å²) in [5.74, 6) is 1.34. The third-order valence-electron chi connectivity index (χ3n) is 3.81. The molecule has 0 aromatic heterocycles. The number of hydrogen-bond acceptors (Lipinski definition) is 3. The van der Waals surface area contributed by atoms with E-state index in [9.17, 15) is 4.79 Å². The van der Waals surface area contributed by atoms with E-state index in [1.807, 2.05) is 0 Å². The highest BCUT2D eigenvalue weighted by molar-refractivity contribution is 5.79. The van der Waals surface area contributed by atoms with Gasteiger partial charge in [0.05, 0.1) is 5.92 Å². The number of amides is 1. The van der Waals surface area contributed by atoms with Crippen LogP contribution in [0.2, 0.25) is 0 Å². The van der Waals surface area contributed by atoms with E-state index >= 15 is 0 Å². The van der Waals surface area contributed by atoms with Gasteiger partial charge in [0.2, 0.25) is 5.91 Å². The minimum Gasteiger partial charge on any atom is -0.369 e. The zero-order valence-electron chi connectivity index (χ0n) is 14.4. The minimum absolute atomic E-state index is 0.0339. The quantitative estimate of drug-likeness (QED) is 0.351. The molecule has 1 aliphatic rings. The van der Waals surface area contributed by atoms with Crippen molar-refractivity contribution in [2.24, 2.45) is 22.6 Å². The van der Waals surface area contributed by atoms with Gasteiger partial charge in [0.15, 0.2) is 5.96 Å². The Morgan fingerprint density at radius 3 is 2.82 bits per heavy atom. The van der Waals surface area contributed by atoms with Crippen LogP contribution < -0.4 is 16.4 Å². The molecule has 128 valence electrons. The normalized spacial score (nSPS) is 20.2. The lowest BCUT2D eigenvalue weighted by molar-refractivity contribution is -0.123. The highest BCUT2D eigenvalue weighted by Crippen LogP contribution is 2.15. The van der Waals surface area contributed by atoms with Gasteiger partial charge >= 0.3 is 0 Å². The van der Waals surface area contributed by atoms with Gasteiger partial charge in [-0.1, -0.05) is 13.8 Å². The number of carbonyl (C=O) groups excluding carboxylic acids is 1. The number of nitrogens with two attached hydrogens (primary N) is 1. The Kier molecular flexibility index (Phi) is 8.89. The van der Waals surface area contributed by atoms with Crippen LogP contribution in [-0.2, 0) is 4.79 Å². The lowest BCUT2D eigenvalue weighted by atomic mass is 9.97. The molecule has 1 aliphatic heterocycles.